The second-order valence-electron chi connectivity index (χ2n) is 4.73. The van der Waals surface area contributed by atoms with Crippen LogP contribution in [0.2, 0.25) is 0 Å². The molecule has 0 fully saturated rings. The van der Waals surface area contributed by atoms with Crippen LogP contribution in [0.15, 0.2) is 0 Å². The normalized spacial score (nSPS) is 12.3. The summed E-state index contributed by atoms with van der Waals surface area (Å²) in [6.45, 7) is 1.17. The first-order valence-corrected chi connectivity index (χ1v) is 7.04. The van der Waals surface area contributed by atoms with Crippen LogP contribution in [0.5, 0.6) is 0 Å². The third-order valence-electron chi connectivity index (χ3n) is 2.96. The zero-order chi connectivity index (χ0) is 18.7. The molecular weight excluding hydrogens is 324 g/mol. The minimum absolute atomic E-state index is 0.0594. The van der Waals surface area contributed by atoms with Crippen molar-refractivity contribution in [2.24, 2.45) is 0 Å². The molecule has 0 aliphatic carbocycles. The van der Waals surface area contributed by atoms with E-state index < -0.39 is 48.2 Å². The van der Waals surface area contributed by atoms with Gasteiger partial charge in [0, 0.05) is 13.3 Å². The fraction of sp³-hybridized carbons (Fsp3) is 0.643. The average molecular weight is 346 g/mol. The molecule has 24 heavy (non-hydrogen) atoms. The summed E-state index contributed by atoms with van der Waals surface area (Å²) >= 11 is 0. The summed E-state index contributed by atoms with van der Waals surface area (Å²) < 4.78 is 13.5. The van der Waals surface area contributed by atoms with Crippen LogP contribution in [-0.2, 0) is 38.2 Å². The third-order valence-corrected chi connectivity index (χ3v) is 2.96. The van der Waals surface area contributed by atoms with Gasteiger partial charge in [0.15, 0.2) is 0 Å². The number of nitrogens with one attached hydrogen (secondary N) is 2. The molecule has 0 spiro atoms. The largest absolute Gasteiger partial charge is 0.469 e. The molecule has 136 valence electrons. The van der Waals surface area contributed by atoms with Crippen molar-refractivity contribution >= 4 is 29.7 Å². The van der Waals surface area contributed by atoms with Crippen LogP contribution in [0.3, 0.4) is 0 Å². The Hall–Kier alpha value is -2.65. The topological polar surface area (TPSA) is 137 Å². The van der Waals surface area contributed by atoms with Crippen LogP contribution < -0.4 is 10.6 Å². The van der Waals surface area contributed by atoms with Gasteiger partial charge in [0.25, 0.3) is 0 Å². The molecule has 10 heteroatoms. The minimum atomic E-state index is -1.22. The van der Waals surface area contributed by atoms with Crippen molar-refractivity contribution in [3.05, 3.63) is 0 Å². The molecule has 0 saturated heterocycles. The van der Waals surface area contributed by atoms with E-state index in [1.54, 1.807) is 0 Å². The van der Waals surface area contributed by atoms with Crippen LogP contribution in [0.25, 0.3) is 0 Å². The lowest BCUT2D eigenvalue weighted by atomic mass is 10.1. The first kappa shape index (κ1) is 21.4. The van der Waals surface area contributed by atoms with Gasteiger partial charge in [-0.1, -0.05) is 0 Å². The molecule has 0 saturated carbocycles. The zero-order valence-electron chi connectivity index (χ0n) is 14.0. The second-order valence-corrected chi connectivity index (χ2v) is 4.73. The summed E-state index contributed by atoms with van der Waals surface area (Å²) in [7, 11) is 3.45. The van der Waals surface area contributed by atoms with E-state index >= 15 is 0 Å². The summed E-state index contributed by atoms with van der Waals surface area (Å²) in [5, 5.41) is 4.63. The Labute approximate surface area is 139 Å². The lowest BCUT2D eigenvalue weighted by Gasteiger charge is -2.21. The number of methoxy groups -OCH3 is 3. The van der Waals surface area contributed by atoms with Gasteiger partial charge < -0.3 is 24.8 Å². The molecule has 2 N–H and O–H groups in total. The minimum Gasteiger partial charge on any atom is -0.469 e. The predicted molar refractivity (Wildman–Crippen MR) is 79.4 cm³/mol. The Morgan fingerprint density at radius 3 is 1.88 bits per heavy atom. The van der Waals surface area contributed by atoms with E-state index in [1.165, 1.54) is 14.0 Å². The molecule has 10 nitrogen and oxygen atoms in total. The summed E-state index contributed by atoms with van der Waals surface area (Å²) in [6.07, 6.45) is -0.596. The number of hydrogen-bond acceptors (Lipinski definition) is 8. The zero-order valence-corrected chi connectivity index (χ0v) is 14.0. The van der Waals surface area contributed by atoms with E-state index in [0.29, 0.717) is 0 Å². The number of ether oxygens (including phenoxy) is 3. The Morgan fingerprint density at radius 2 is 1.42 bits per heavy atom. The van der Waals surface area contributed by atoms with Gasteiger partial charge >= 0.3 is 17.9 Å². The summed E-state index contributed by atoms with van der Waals surface area (Å²) in [6, 6.07) is -2.35. The van der Waals surface area contributed by atoms with E-state index in [1.807, 2.05) is 0 Å². The highest BCUT2D eigenvalue weighted by molar-refractivity contribution is 5.93. The van der Waals surface area contributed by atoms with Crippen LogP contribution in [-0.4, -0.2) is 63.1 Å². The van der Waals surface area contributed by atoms with Crippen LogP contribution >= 0.6 is 0 Å². The van der Waals surface area contributed by atoms with Crippen molar-refractivity contribution in [1.29, 1.82) is 0 Å². The standard InChI is InChI=1S/C14H22N2O8/c1-8(17)15-10(7-12(19)23-3)13(20)16-9(14(21)24-4)5-6-11(18)22-2/h9-10H,5-7H2,1-4H3,(H,15,17)(H,16,20). The van der Waals surface area contributed by atoms with E-state index in [2.05, 4.69) is 24.8 Å². The molecule has 0 aliphatic heterocycles. The third kappa shape index (κ3) is 8.11. The molecule has 2 unspecified atom stereocenters. The van der Waals surface area contributed by atoms with Crippen LogP contribution in [0, 0.1) is 0 Å². The van der Waals surface area contributed by atoms with Gasteiger partial charge in [-0.15, -0.1) is 0 Å². The van der Waals surface area contributed by atoms with Crippen molar-refractivity contribution in [2.45, 2.75) is 38.3 Å². The number of amides is 2. The molecule has 0 aromatic heterocycles. The second kappa shape index (κ2) is 11.0. The highest BCUT2D eigenvalue weighted by Crippen LogP contribution is 2.04. The lowest BCUT2D eigenvalue weighted by molar-refractivity contribution is -0.147. The fourth-order valence-corrected chi connectivity index (χ4v) is 1.73. The Balaban J connectivity index is 4.99. The number of carbonyl (C=O) groups excluding carboxylic acids is 5. The summed E-state index contributed by atoms with van der Waals surface area (Å²) in [5.74, 6) is -3.37. The van der Waals surface area contributed by atoms with Gasteiger partial charge in [-0.2, -0.15) is 0 Å². The van der Waals surface area contributed by atoms with Gasteiger partial charge in [0.1, 0.15) is 12.1 Å². The maximum atomic E-state index is 12.2. The van der Waals surface area contributed by atoms with E-state index in [9.17, 15) is 24.0 Å². The first-order chi connectivity index (χ1) is 11.2. The van der Waals surface area contributed by atoms with Crippen LogP contribution in [0.1, 0.15) is 26.2 Å². The number of esters is 3. The molecule has 2 atom stereocenters. The van der Waals surface area contributed by atoms with Crippen molar-refractivity contribution in [2.75, 3.05) is 21.3 Å². The first-order valence-electron chi connectivity index (χ1n) is 7.04. The molecule has 0 aromatic rings. The number of rotatable bonds is 9. The van der Waals surface area contributed by atoms with Gasteiger partial charge in [-0.25, -0.2) is 4.79 Å². The number of hydrogen-bond donors (Lipinski definition) is 2. The molecular formula is C14H22N2O8. The van der Waals surface area contributed by atoms with Crippen molar-refractivity contribution in [1.82, 2.24) is 10.6 Å². The van der Waals surface area contributed by atoms with E-state index in [-0.39, 0.29) is 12.8 Å². The molecule has 0 radical (unpaired) electrons. The maximum absolute atomic E-state index is 12.2. The summed E-state index contributed by atoms with van der Waals surface area (Å²) in [4.78, 5) is 57.6. The van der Waals surface area contributed by atoms with Gasteiger partial charge in [0.05, 0.1) is 27.8 Å². The molecule has 0 bridgehead atoms. The van der Waals surface area contributed by atoms with Crippen molar-refractivity contribution in [3.8, 4) is 0 Å². The van der Waals surface area contributed by atoms with Gasteiger partial charge in [-0.3, -0.25) is 19.2 Å². The molecule has 0 heterocycles. The Kier molecular flexibility index (Phi) is 9.76. The fourth-order valence-electron chi connectivity index (χ4n) is 1.73. The maximum Gasteiger partial charge on any atom is 0.328 e. The van der Waals surface area contributed by atoms with Crippen LogP contribution in [0.4, 0.5) is 0 Å². The SMILES string of the molecule is COC(=O)CCC(NC(=O)C(CC(=O)OC)NC(C)=O)C(=O)OC. The lowest BCUT2D eigenvalue weighted by Crippen LogP contribution is -2.52. The Bertz CT molecular complexity index is 491. The highest BCUT2D eigenvalue weighted by Gasteiger charge is 2.29. The predicted octanol–water partition coefficient (Wildman–Crippen LogP) is -1.33. The summed E-state index contributed by atoms with van der Waals surface area (Å²) in [5.41, 5.74) is 0. The number of carbonyl (C=O) groups is 5. The van der Waals surface area contributed by atoms with Gasteiger partial charge in [0.2, 0.25) is 11.8 Å². The molecule has 2 amide bonds. The molecule has 0 aliphatic rings. The monoisotopic (exact) mass is 346 g/mol. The van der Waals surface area contributed by atoms with Crippen molar-refractivity contribution in [3.63, 3.8) is 0 Å². The van der Waals surface area contributed by atoms with Gasteiger partial charge in [-0.05, 0) is 6.42 Å². The average Bonchev–Trinajstić information content (AvgIpc) is 2.55. The smallest absolute Gasteiger partial charge is 0.328 e. The van der Waals surface area contributed by atoms with E-state index in [4.69, 9.17) is 0 Å². The quantitative estimate of drug-likeness (QED) is 0.387. The molecule has 0 rings (SSSR count). The highest BCUT2D eigenvalue weighted by atomic mass is 16.5. The Morgan fingerprint density at radius 1 is 0.833 bits per heavy atom. The van der Waals surface area contributed by atoms with E-state index in [0.717, 1.165) is 14.2 Å². The molecule has 0 aromatic carbocycles. The van der Waals surface area contributed by atoms with Crippen molar-refractivity contribution < 1.29 is 38.2 Å².